The van der Waals surface area contributed by atoms with Crippen molar-refractivity contribution in [3.05, 3.63) is 59.9 Å². The van der Waals surface area contributed by atoms with E-state index in [1.54, 1.807) is 42.6 Å². The summed E-state index contributed by atoms with van der Waals surface area (Å²) >= 11 is 0. The molecule has 2 aromatic rings. The molecule has 0 fully saturated rings. The van der Waals surface area contributed by atoms with Gasteiger partial charge in [0.2, 0.25) is 10.0 Å². The predicted molar refractivity (Wildman–Crippen MR) is 78.7 cm³/mol. The SMILES string of the molecule is O=S(=O)(NCc1ccccn1)c1ccccc1C#CCO. The van der Waals surface area contributed by atoms with Crippen LogP contribution in [-0.4, -0.2) is 25.1 Å². The topological polar surface area (TPSA) is 79.3 Å². The number of hydrogen-bond donors (Lipinski definition) is 2. The Hall–Kier alpha value is -2.20. The van der Waals surface area contributed by atoms with Crippen LogP contribution in [-0.2, 0) is 16.6 Å². The van der Waals surface area contributed by atoms with E-state index in [0.717, 1.165) is 0 Å². The number of aromatic nitrogens is 1. The highest BCUT2D eigenvalue weighted by molar-refractivity contribution is 7.89. The third-order valence-electron chi connectivity index (χ3n) is 2.65. The smallest absolute Gasteiger partial charge is 0.242 e. The Morgan fingerprint density at radius 2 is 1.90 bits per heavy atom. The second kappa shape index (κ2) is 6.99. The van der Waals surface area contributed by atoms with Crippen LogP contribution >= 0.6 is 0 Å². The lowest BCUT2D eigenvalue weighted by molar-refractivity contribution is 0.350. The zero-order valence-corrected chi connectivity index (χ0v) is 12.0. The van der Waals surface area contributed by atoms with Gasteiger partial charge >= 0.3 is 0 Å². The molecule has 1 aromatic heterocycles. The van der Waals surface area contributed by atoms with E-state index in [4.69, 9.17) is 5.11 Å². The van der Waals surface area contributed by atoms with Crippen LogP contribution in [0.3, 0.4) is 0 Å². The highest BCUT2D eigenvalue weighted by Gasteiger charge is 2.17. The van der Waals surface area contributed by atoms with Gasteiger partial charge in [0.25, 0.3) is 0 Å². The normalized spacial score (nSPS) is 10.7. The molecular formula is C15H14N2O3S. The summed E-state index contributed by atoms with van der Waals surface area (Å²) in [5.74, 6) is 5.08. The van der Waals surface area contributed by atoms with Crippen LogP contribution in [0.4, 0.5) is 0 Å². The zero-order chi connectivity index (χ0) is 15.1. The van der Waals surface area contributed by atoms with Gasteiger partial charge in [0.1, 0.15) is 6.61 Å². The van der Waals surface area contributed by atoms with Crippen molar-refractivity contribution in [1.29, 1.82) is 0 Å². The van der Waals surface area contributed by atoms with Crippen molar-refractivity contribution in [3.8, 4) is 11.8 Å². The summed E-state index contributed by atoms with van der Waals surface area (Å²) in [4.78, 5) is 4.14. The first-order chi connectivity index (χ1) is 10.1. The summed E-state index contributed by atoms with van der Waals surface area (Å²) in [5.41, 5.74) is 0.972. The summed E-state index contributed by atoms with van der Waals surface area (Å²) in [6.07, 6.45) is 1.60. The van der Waals surface area contributed by atoms with E-state index in [2.05, 4.69) is 21.5 Å². The van der Waals surface area contributed by atoms with Gasteiger partial charge in [-0.1, -0.05) is 30.0 Å². The van der Waals surface area contributed by atoms with Gasteiger partial charge in [-0.2, -0.15) is 0 Å². The van der Waals surface area contributed by atoms with Gasteiger partial charge in [-0.25, -0.2) is 13.1 Å². The van der Waals surface area contributed by atoms with Gasteiger partial charge in [-0.3, -0.25) is 4.98 Å². The minimum Gasteiger partial charge on any atom is -0.384 e. The molecule has 21 heavy (non-hydrogen) atoms. The van der Waals surface area contributed by atoms with Gasteiger partial charge in [-0.15, -0.1) is 0 Å². The minimum atomic E-state index is -3.69. The zero-order valence-electron chi connectivity index (χ0n) is 11.2. The fourth-order valence-corrected chi connectivity index (χ4v) is 2.85. The molecule has 6 heteroatoms. The van der Waals surface area contributed by atoms with Gasteiger partial charge < -0.3 is 5.11 Å². The maximum Gasteiger partial charge on any atom is 0.242 e. The van der Waals surface area contributed by atoms with Crippen LogP contribution in [0.25, 0.3) is 0 Å². The molecule has 0 spiro atoms. The molecule has 0 radical (unpaired) electrons. The number of nitrogens with one attached hydrogen (secondary N) is 1. The number of aliphatic hydroxyl groups is 1. The summed E-state index contributed by atoms with van der Waals surface area (Å²) in [6.45, 7) is -0.222. The maximum absolute atomic E-state index is 12.3. The molecule has 0 aliphatic carbocycles. The van der Waals surface area contributed by atoms with Crippen LogP contribution in [0.1, 0.15) is 11.3 Å². The van der Waals surface area contributed by atoms with E-state index in [9.17, 15) is 8.42 Å². The van der Waals surface area contributed by atoms with Crippen molar-refractivity contribution in [1.82, 2.24) is 9.71 Å². The van der Waals surface area contributed by atoms with Gasteiger partial charge in [0.05, 0.1) is 17.1 Å². The molecule has 0 aliphatic rings. The fraction of sp³-hybridized carbons (Fsp3) is 0.133. The molecule has 0 unspecified atom stereocenters. The number of aliphatic hydroxyl groups excluding tert-OH is 1. The first-order valence-electron chi connectivity index (χ1n) is 6.22. The Kier molecular flexibility index (Phi) is 5.06. The summed E-state index contributed by atoms with van der Waals surface area (Å²) in [6, 6.07) is 11.7. The molecule has 0 aliphatic heterocycles. The van der Waals surface area contributed by atoms with Crippen molar-refractivity contribution in [2.24, 2.45) is 0 Å². The molecule has 0 atom stereocenters. The van der Waals surface area contributed by atoms with Gasteiger partial charge in [0, 0.05) is 11.8 Å². The average Bonchev–Trinajstić information content (AvgIpc) is 2.52. The number of hydrogen-bond acceptors (Lipinski definition) is 4. The number of sulfonamides is 1. The number of benzene rings is 1. The minimum absolute atomic E-state index is 0.0851. The molecule has 0 bridgehead atoms. The monoisotopic (exact) mass is 302 g/mol. The summed E-state index contributed by atoms with van der Waals surface area (Å²) < 4.78 is 27.1. The van der Waals surface area contributed by atoms with Crippen molar-refractivity contribution in [3.63, 3.8) is 0 Å². The Morgan fingerprint density at radius 3 is 2.62 bits per heavy atom. The lowest BCUT2D eigenvalue weighted by Gasteiger charge is -2.08. The molecular weight excluding hydrogens is 288 g/mol. The van der Waals surface area contributed by atoms with Crippen molar-refractivity contribution < 1.29 is 13.5 Å². The average molecular weight is 302 g/mol. The van der Waals surface area contributed by atoms with Gasteiger partial charge in [-0.05, 0) is 24.3 Å². The van der Waals surface area contributed by atoms with E-state index in [1.165, 1.54) is 6.07 Å². The third kappa shape index (κ3) is 4.13. The van der Waals surface area contributed by atoms with Crippen LogP contribution in [0, 0.1) is 11.8 Å². The molecule has 108 valence electrons. The fourth-order valence-electron chi connectivity index (χ4n) is 1.69. The third-order valence-corrected chi connectivity index (χ3v) is 4.11. The van der Waals surface area contributed by atoms with E-state index in [-0.39, 0.29) is 18.0 Å². The van der Waals surface area contributed by atoms with E-state index >= 15 is 0 Å². The highest BCUT2D eigenvalue weighted by atomic mass is 32.2. The molecule has 0 amide bonds. The molecule has 1 heterocycles. The van der Waals surface area contributed by atoms with E-state index in [1.807, 2.05) is 0 Å². The molecule has 2 N–H and O–H groups in total. The standard InChI is InChI=1S/C15H14N2O3S/c18-11-5-7-13-6-1-2-9-15(13)21(19,20)17-12-14-8-3-4-10-16-14/h1-4,6,8-10,17-18H,11-12H2. The van der Waals surface area contributed by atoms with Crippen LogP contribution < -0.4 is 4.72 Å². The molecule has 0 saturated heterocycles. The van der Waals surface area contributed by atoms with E-state index in [0.29, 0.717) is 11.3 Å². The number of pyridine rings is 1. The maximum atomic E-state index is 12.3. The lowest BCUT2D eigenvalue weighted by atomic mass is 10.2. The lowest BCUT2D eigenvalue weighted by Crippen LogP contribution is -2.24. The number of nitrogens with zero attached hydrogens (tertiary/aromatic N) is 1. The van der Waals surface area contributed by atoms with Crippen molar-refractivity contribution in [2.75, 3.05) is 6.61 Å². The predicted octanol–water partition coefficient (Wildman–Crippen LogP) is 0.904. The summed E-state index contributed by atoms with van der Waals surface area (Å²) in [5, 5.41) is 8.73. The Bertz CT molecular complexity index is 762. The largest absolute Gasteiger partial charge is 0.384 e. The first kappa shape index (κ1) is 15.2. The second-order valence-electron chi connectivity index (χ2n) is 4.10. The molecule has 2 rings (SSSR count). The molecule has 1 aromatic carbocycles. The Balaban J connectivity index is 2.24. The van der Waals surface area contributed by atoms with Gasteiger partial charge in [0.15, 0.2) is 0 Å². The molecule has 5 nitrogen and oxygen atoms in total. The van der Waals surface area contributed by atoms with Crippen molar-refractivity contribution >= 4 is 10.0 Å². The number of rotatable bonds is 4. The molecule has 0 saturated carbocycles. The van der Waals surface area contributed by atoms with Crippen molar-refractivity contribution in [2.45, 2.75) is 11.4 Å². The Labute approximate surface area is 123 Å². The summed E-state index contributed by atoms with van der Waals surface area (Å²) in [7, 11) is -3.69. The highest BCUT2D eigenvalue weighted by Crippen LogP contribution is 2.14. The van der Waals surface area contributed by atoms with Crippen LogP contribution in [0.15, 0.2) is 53.6 Å². The van der Waals surface area contributed by atoms with Crippen LogP contribution in [0.2, 0.25) is 0 Å². The Morgan fingerprint density at radius 1 is 1.14 bits per heavy atom. The quantitative estimate of drug-likeness (QED) is 0.823. The first-order valence-corrected chi connectivity index (χ1v) is 7.70. The van der Waals surface area contributed by atoms with E-state index < -0.39 is 10.0 Å². The van der Waals surface area contributed by atoms with Crippen LogP contribution in [0.5, 0.6) is 0 Å². The second-order valence-corrected chi connectivity index (χ2v) is 5.84.